The van der Waals surface area contributed by atoms with Gasteiger partial charge in [0.1, 0.15) is 24.5 Å². The number of nitrogens with one attached hydrogen (secondary N) is 2. The van der Waals surface area contributed by atoms with E-state index in [0.717, 1.165) is 32.4 Å². The number of carbonyl (C=O) groups excluding carboxylic acids is 4. The molecule has 0 radical (unpaired) electrons. The minimum atomic E-state index is -1.87. The number of piperazine rings is 2. The van der Waals surface area contributed by atoms with E-state index in [1.54, 1.807) is 26.1 Å². The molecule has 8 saturated heterocycles. The number of anilines is 2. The molecule has 10 atom stereocenters. The number of hydrogen-bond donors (Lipinski definition) is 5. The number of nitrogens with zero attached hydrogens (tertiary/aromatic N) is 4. The second-order valence-electron chi connectivity index (χ2n) is 13.5. The van der Waals surface area contributed by atoms with Crippen LogP contribution in [0.4, 0.5) is 11.4 Å². The minimum Gasteiger partial charge on any atom is -0.392 e. The average Bonchev–Trinajstić information content (AvgIpc) is 3.72. The Morgan fingerprint density at radius 3 is 1.68 bits per heavy atom. The Labute approximate surface area is 283 Å². The normalized spacial score (nSPS) is 46.3. The lowest BCUT2D eigenvalue weighted by Gasteiger charge is -2.58. The molecule has 2 spiro atoms. The SMILES string of the molecule is CN1C(=O)[C@]23SS[C@@]1(C)C(=O)N2[C@H]1Nc2ccccc2[C@@]1([C@@]12c4ccccc4N[C@@H]1N1C(=O)[C@]4(CO)SSC1(C(=O)N4C)[C@H]2O)[C@@H]3O. The summed E-state index contributed by atoms with van der Waals surface area (Å²) in [5.41, 5.74) is -1.12. The summed E-state index contributed by atoms with van der Waals surface area (Å²) in [5.74, 6) is -1.94. The van der Waals surface area contributed by atoms with Crippen LogP contribution in [0, 0.1) is 0 Å². The van der Waals surface area contributed by atoms with Gasteiger partial charge in [0, 0.05) is 25.5 Å². The summed E-state index contributed by atoms with van der Waals surface area (Å²) >= 11 is 0. The Kier molecular flexibility index (Phi) is 5.15. The van der Waals surface area contributed by atoms with E-state index in [1.165, 1.54) is 37.4 Å². The first-order chi connectivity index (χ1) is 22.4. The molecule has 0 aromatic heterocycles. The quantitative estimate of drug-likeness (QED) is 0.271. The summed E-state index contributed by atoms with van der Waals surface area (Å²) in [5, 5.41) is 44.2. The molecule has 0 saturated carbocycles. The van der Waals surface area contributed by atoms with Crippen molar-refractivity contribution in [2.24, 2.45) is 0 Å². The van der Waals surface area contributed by atoms with E-state index in [9.17, 15) is 34.5 Å². The van der Waals surface area contributed by atoms with E-state index in [4.69, 9.17) is 0 Å². The van der Waals surface area contributed by atoms with Crippen LogP contribution in [-0.2, 0) is 30.0 Å². The van der Waals surface area contributed by atoms with Gasteiger partial charge in [0.05, 0.1) is 17.4 Å². The van der Waals surface area contributed by atoms with E-state index in [0.29, 0.717) is 22.5 Å². The van der Waals surface area contributed by atoms with Crippen LogP contribution in [0.15, 0.2) is 48.5 Å². The molecule has 244 valence electrons. The van der Waals surface area contributed by atoms with Crippen molar-refractivity contribution in [2.45, 2.75) is 61.8 Å². The number of aliphatic hydroxyl groups is 3. The third-order valence-electron chi connectivity index (χ3n) is 12.1. The molecule has 4 amide bonds. The first kappa shape index (κ1) is 29.1. The first-order valence-corrected chi connectivity index (χ1v) is 19.4. The summed E-state index contributed by atoms with van der Waals surface area (Å²) in [6, 6.07) is 14.5. The largest absolute Gasteiger partial charge is 0.392 e. The Morgan fingerprint density at radius 1 is 0.681 bits per heavy atom. The van der Waals surface area contributed by atoms with Gasteiger partial charge < -0.3 is 35.8 Å². The third-order valence-corrected chi connectivity index (χ3v) is 19.5. The zero-order chi connectivity index (χ0) is 32.8. The average molecular weight is 713 g/mol. The molecule has 1 unspecified atom stereocenters. The maximum Gasteiger partial charge on any atom is 0.265 e. The van der Waals surface area contributed by atoms with Crippen molar-refractivity contribution in [1.82, 2.24) is 19.6 Å². The van der Waals surface area contributed by atoms with Gasteiger partial charge >= 0.3 is 0 Å². The lowest BCUT2D eigenvalue weighted by molar-refractivity contribution is -0.169. The number of para-hydroxylation sites is 2. The molecule has 4 bridgehead atoms. The predicted octanol–water partition coefficient (Wildman–Crippen LogP) is 0.303. The first-order valence-electron chi connectivity index (χ1n) is 15.1. The highest BCUT2D eigenvalue weighted by Crippen LogP contribution is 2.78. The minimum absolute atomic E-state index is 0.373. The number of aliphatic hydroxyl groups excluding tert-OH is 3. The topological polar surface area (TPSA) is 166 Å². The van der Waals surface area contributed by atoms with Gasteiger partial charge in [-0.3, -0.25) is 29.0 Å². The van der Waals surface area contributed by atoms with Gasteiger partial charge in [0.15, 0.2) is 4.87 Å². The van der Waals surface area contributed by atoms with Crippen molar-refractivity contribution in [1.29, 1.82) is 0 Å². The molecule has 0 aliphatic carbocycles. The number of likely N-dealkylation sites (N-methyl/N-ethyl adjacent to an activating group) is 2. The van der Waals surface area contributed by atoms with Crippen LogP contribution >= 0.6 is 43.2 Å². The van der Waals surface area contributed by atoms with Crippen LogP contribution in [-0.4, -0.2) is 123 Å². The number of rotatable bonds is 2. The molecule has 13 nitrogen and oxygen atoms in total. The zero-order valence-corrected chi connectivity index (χ0v) is 28.3. The monoisotopic (exact) mass is 712 g/mol. The number of benzene rings is 2. The van der Waals surface area contributed by atoms with Gasteiger partial charge in [0.25, 0.3) is 23.6 Å². The second kappa shape index (κ2) is 8.31. The Bertz CT molecular complexity index is 1920. The van der Waals surface area contributed by atoms with E-state index in [1.807, 2.05) is 36.4 Å². The molecule has 17 heteroatoms. The van der Waals surface area contributed by atoms with Crippen molar-refractivity contribution in [3.8, 4) is 0 Å². The van der Waals surface area contributed by atoms with Crippen LogP contribution in [0.25, 0.3) is 0 Å². The number of carbonyl (C=O) groups is 4. The maximum atomic E-state index is 14.7. The molecule has 2 aromatic carbocycles. The molecular weight excluding hydrogens is 685 g/mol. The van der Waals surface area contributed by atoms with E-state index >= 15 is 0 Å². The highest BCUT2D eigenvalue weighted by molar-refractivity contribution is 8.78. The smallest absolute Gasteiger partial charge is 0.265 e. The molecule has 10 heterocycles. The van der Waals surface area contributed by atoms with Crippen molar-refractivity contribution in [3.63, 3.8) is 0 Å². The molecule has 10 aliphatic heterocycles. The van der Waals surface area contributed by atoms with Gasteiger partial charge in [0.2, 0.25) is 14.6 Å². The molecule has 12 rings (SSSR count). The lowest BCUT2D eigenvalue weighted by Crippen LogP contribution is -2.79. The Balaban J connectivity index is 1.35. The summed E-state index contributed by atoms with van der Waals surface area (Å²) in [6.07, 6.45) is -5.50. The number of fused-ring (bicyclic) bond motifs is 11. The fraction of sp³-hybridized carbons (Fsp3) is 0.467. The Hall–Kier alpha value is -2.80. The van der Waals surface area contributed by atoms with Crippen molar-refractivity contribution >= 4 is 78.2 Å². The van der Waals surface area contributed by atoms with E-state index in [-0.39, 0.29) is 5.91 Å². The molecule has 5 N–H and O–H groups in total. The molecule has 8 fully saturated rings. The second-order valence-corrected chi connectivity index (χ2v) is 18.8. The van der Waals surface area contributed by atoms with Crippen LogP contribution in [0.3, 0.4) is 0 Å². The summed E-state index contributed by atoms with van der Waals surface area (Å²) in [7, 11) is 7.44. The lowest BCUT2D eigenvalue weighted by atomic mass is 9.52. The molecule has 47 heavy (non-hydrogen) atoms. The third kappa shape index (κ3) is 2.44. The summed E-state index contributed by atoms with van der Waals surface area (Å²) in [6.45, 7) is 1.04. The van der Waals surface area contributed by atoms with Crippen molar-refractivity contribution < 1.29 is 34.5 Å². The number of hydrogen-bond acceptors (Lipinski definition) is 13. The van der Waals surface area contributed by atoms with Crippen LogP contribution in [0.1, 0.15) is 18.1 Å². The van der Waals surface area contributed by atoms with Crippen LogP contribution in [0.2, 0.25) is 0 Å². The van der Waals surface area contributed by atoms with Crippen molar-refractivity contribution in [3.05, 3.63) is 59.7 Å². The summed E-state index contributed by atoms with van der Waals surface area (Å²) < 4.78 is 0. The maximum absolute atomic E-state index is 14.7. The van der Waals surface area contributed by atoms with E-state index < -0.39 is 79.2 Å². The van der Waals surface area contributed by atoms with Gasteiger partial charge in [-0.2, -0.15) is 0 Å². The van der Waals surface area contributed by atoms with Gasteiger partial charge in [-0.15, -0.1) is 0 Å². The molecule has 10 aliphatic rings. The highest BCUT2D eigenvalue weighted by atomic mass is 33.1. The van der Waals surface area contributed by atoms with Crippen LogP contribution in [0.5, 0.6) is 0 Å². The van der Waals surface area contributed by atoms with Crippen LogP contribution < -0.4 is 10.6 Å². The van der Waals surface area contributed by atoms with Gasteiger partial charge in [-0.1, -0.05) is 47.2 Å². The highest BCUT2D eigenvalue weighted by Gasteiger charge is 2.93. The fourth-order valence-corrected chi connectivity index (χ4v) is 17.1. The van der Waals surface area contributed by atoms with E-state index in [2.05, 4.69) is 10.6 Å². The predicted molar refractivity (Wildman–Crippen MR) is 176 cm³/mol. The standard InChI is InChI=1S/C30H28N6O7S4/c1-25-21(40)35-19-27(13-8-4-6-10-15(13)31-19,17(38)29(35,46-44-25)23(42)33(25)2)28-14-9-5-7-11-16(14)32-20(28)36-22(41)26(12-37)34(3)24(43)30(36,18(28)39)47-45-26/h4-11,17-20,31-32,37-39H,12H2,1-3H3/t17-,18-,19+,20+,25-,26-,27+,28+,29-,30?/m0/s1. The van der Waals surface area contributed by atoms with Crippen molar-refractivity contribution in [2.75, 3.05) is 31.3 Å². The fourth-order valence-electron chi connectivity index (χ4n) is 9.92. The molecule has 2 aromatic rings. The van der Waals surface area contributed by atoms with Gasteiger partial charge in [-0.05, 0) is 62.6 Å². The molecular formula is C30H28N6O7S4. The zero-order valence-electron chi connectivity index (χ0n) is 25.0. The summed E-state index contributed by atoms with van der Waals surface area (Å²) in [4.78, 5) is 57.4. The number of amides is 4. The Morgan fingerprint density at radius 2 is 1.15 bits per heavy atom. The van der Waals surface area contributed by atoms with Gasteiger partial charge in [-0.25, -0.2) is 0 Å².